The van der Waals surface area contributed by atoms with Crippen LogP contribution in [0.4, 0.5) is 17.1 Å². The van der Waals surface area contributed by atoms with Crippen molar-refractivity contribution in [2.45, 2.75) is 0 Å². The van der Waals surface area contributed by atoms with Gasteiger partial charge in [-0.2, -0.15) is 0 Å². The molecule has 0 saturated heterocycles. The number of hydrogen-bond donors (Lipinski definition) is 0. The number of nitrogens with zero attached hydrogens (tertiary/aromatic N) is 2. The summed E-state index contributed by atoms with van der Waals surface area (Å²) in [7, 11) is 0. The first-order chi connectivity index (χ1) is 30.8. The van der Waals surface area contributed by atoms with Gasteiger partial charge in [0.05, 0.1) is 16.7 Å². The van der Waals surface area contributed by atoms with E-state index in [0.29, 0.717) is 0 Å². The van der Waals surface area contributed by atoms with Crippen molar-refractivity contribution in [2.24, 2.45) is 0 Å². The van der Waals surface area contributed by atoms with Crippen molar-refractivity contribution in [3.63, 3.8) is 0 Å². The lowest BCUT2D eigenvalue weighted by Crippen LogP contribution is -2.12. The van der Waals surface area contributed by atoms with Crippen LogP contribution in [0.5, 0.6) is 0 Å². The highest BCUT2D eigenvalue weighted by Crippen LogP contribution is 2.46. The summed E-state index contributed by atoms with van der Waals surface area (Å²) in [6.45, 7) is 0. The van der Waals surface area contributed by atoms with Crippen molar-refractivity contribution in [1.29, 1.82) is 0 Å². The van der Waals surface area contributed by atoms with E-state index in [1.54, 1.807) is 0 Å². The maximum absolute atomic E-state index is 2.43. The van der Waals surface area contributed by atoms with Gasteiger partial charge >= 0.3 is 0 Å². The molecule has 0 aliphatic heterocycles. The van der Waals surface area contributed by atoms with E-state index in [2.05, 4.69) is 264 Å². The zero-order valence-corrected chi connectivity index (χ0v) is 34.1. The van der Waals surface area contributed by atoms with Crippen LogP contribution in [0, 0.1) is 0 Å². The van der Waals surface area contributed by atoms with Crippen molar-refractivity contribution < 1.29 is 0 Å². The second-order valence-electron chi connectivity index (χ2n) is 15.7. The predicted octanol–water partition coefficient (Wildman–Crippen LogP) is 16.6. The van der Waals surface area contributed by atoms with E-state index in [0.717, 1.165) is 28.3 Å². The molecule has 0 saturated carbocycles. The molecule has 0 aliphatic carbocycles. The fourth-order valence-corrected chi connectivity index (χ4v) is 9.15. The van der Waals surface area contributed by atoms with Crippen LogP contribution in [0.1, 0.15) is 0 Å². The maximum atomic E-state index is 2.43. The molecule has 0 amide bonds. The molecule has 0 atom stereocenters. The van der Waals surface area contributed by atoms with Gasteiger partial charge in [-0.3, -0.25) is 0 Å². The normalized spacial score (nSPS) is 11.2. The molecule has 0 bridgehead atoms. The first kappa shape index (κ1) is 36.8. The molecule has 0 aliphatic rings. The molecular weight excluding hydrogens is 749 g/mol. The van der Waals surface area contributed by atoms with Crippen molar-refractivity contribution in [2.75, 3.05) is 4.90 Å². The molecule has 1 aromatic heterocycles. The summed E-state index contributed by atoms with van der Waals surface area (Å²) in [4.78, 5) is 2.43. The Bertz CT molecular complexity index is 3290. The molecule has 10 aromatic carbocycles. The molecule has 0 N–H and O–H groups in total. The predicted molar refractivity (Wildman–Crippen MR) is 263 cm³/mol. The van der Waals surface area contributed by atoms with Gasteiger partial charge < -0.3 is 9.47 Å². The summed E-state index contributed by atoms with van der Waals surface area (Å²) in [5.41, 5.74) is 18.6. The summed E-state index contributed by atoms with van der Waals surface area (Å²) >= 11 is 0. The molecule has 0 radical (unpaired) electrons. The topological polar surface area (TPSA) is 8.17 Å². The SMILES string of the molecule is c1ccc(-c2cccc(-c3ccc(N(c4cccc(-n5c6ccccc6c6ccccc65)c4)c4ccccc4-c4ccccc4-c4ccccc4-c4ccccc4)cc3)c2)cc1. The van der Waals surface area contributed by atoms with Crippen LogP contribution in [-0.2, 0) is 0 Å². The van der Waals surface area contributed by atoms with Gasteiger partial charge in [-0.15, -0.1) is 0 Å². The van der Waals surface area contributed by atoms with Gasteiger partial charge in [-0.25, -0.2) is 0 Å². The Kier molecular flexibility index (Phi) is 9.57. The van der Waals surface area contributed by atoms with Crippen LogP contribution in [-0.4, -0.2) is 4.57 Å². The molecule has 0 spiro atoms. The molecule has 62 heavy (non-hydrogen) atoms. The zero-order chi connectivity index (χ0) is 41.2. The van der Waals surface area contributed by atoms with Crippen LogP contribution in [0.3, 0.4) is 0 Å². The molecule has 2 nitrogen and oxygen atoms in total. The molecule has 2 heteroatoms. The number of aromatic nitrogens is 1. The van der Waals surface area contributed by atoms with Crippen LogP contribution in [0.2, 0.25) is 0 Å². The van der Waals surface area contributed by atoms with Crippen LogP contribution in [0.15, 0.2) is 255 Å². The maximum Gasteiger partial charge on any atom is 0.0541 e. The molecule has 1 heterocycles. The van der Waals surface area contributed by atoms with Gasteiger partial charge in [-0.1, -0.05) is 200 Å². The Morgan fingerprint density at radius 2 is 0.710 bits per heavy atom. The van der Waals surface area contributed by atoms with E-state index in [1.807, 2.05) is 0 Å². The number of para-hydroxylation sites is 3. The van der Waals surface area contributed by atoms with Gasteiger partial charge in [0.25, 0.3) is 0 Å². The summed E-state index contributed by atoms with van der Waals surface area (Å²) in [6.07, 6.45) is 0. The summed E-state index contributed by atoms with van der Waals surface area (Å²) in [6, 6.07) is 92.1. The Morgan fingerprint density at radius 1 is 0.258 bits per heavy atom. The van der Waals surface area contributed by atoms with E-state index >= 15 is 0 Å². The number of fused-ring (bicyclic) bond motifs is 3. The number of anilines is 3. The van der Waals surface area contributed by atoms with Crippen molar-refractivity contribution in [1.82, 2.24) is 4.57 Å². The second-order valence-corrected chi connectivity index (χ2v) is 15.7. The van der Waals surface area contributed by atoms with Crippen molar-refractivity contribution >= 4 is 38.9 Å². The van der Waals surface area contributed by atoms with Crippen molar-refractivity contribution in [3.8, 4) is 61.3 Å². The summed E-state index contributed by atoms with van der Waals surface area (Å²) in [5.74, 6) is 0. The van der Waals surface area contributed by atoms with Gasteiger partial charge in [0.2, 0.25) is 0 Å². The van der Waals surface area contributed by atoms with Gasteiger partial charge in [0.1, 0.15) is 0 Å². The molecule has 0 unspecified atom stereocenters. The van der Waals surface area contributed by atoms with E-state index in [4.69, 9.17) is 0 Å². The standard InChI is InChI=1S/C60H42N2/c1-3-19-43(20-4-1)46-23-17-24-47(41-46)44-37-39-48(40-38-44)61(49-25-18-26-50(42-49)62-59-35-15-12-32-56(59)57-33-13-16-36-60(57)62)58-34-14-11-31-55(58)54-30-10-9-29-53(54)52-28-8-7-27-51(52)45-21-5-2-6-22-45/h1-42H. The van der Waals surface area contributed by atoms with E-state index in [9.17, 15) is 0 Å². The minimum absolute atomic E-state index is 1.07. The molecule has 11 rings (SSSR count). The zero-order valence-electron chi connectivity index (χ0n) is 34.1. The molecule has 11 aromatic rings. The van der Waals surface area contributed by atoms with Crippen molar-refractivity contribution in [3.05, 3.63) is 255 Å². The molecule has 0 fully saturated rings. The van der Waals surface area contributed by atoms with Crippen LogP contribution in [0.25, 0.3) is 83.1 Å². The molecular formula is C60H42N2. The summed E-state index contributed by atoms with van der Waals surface area (Å²) < 4.78 is 2.40. The quantitative estimate of drug-likeness (QED) is 0.141. The smallest absolute Gasteiger partial charge is 0.0541 e. The number of hydrogen-bond acceptors (Lipinski definition) is 1. The van der Waals surface area contributed by atoms with Crippen LogP contribution >= 0.6 is 0 Å². The monoisotopic (exact) mass is 790 g/mol. The third-order valence-corrected chi connectivity index (χ3v) is 12.0. The third kappa shape index (κ3) is 6.74. The summed E-state index contributed by atoms with van der Waals surface area (Å²) in [5, 5.41) is 2.49. The highest BCUT2D eigenvalue weighted by molar-refractivity contribution is 6.09. The average Bonchev–Trinajstić information content (AvgIpc) is 3.70. The highest BCUT2D eigenvalue weighted by atomic mass is 15.1. The lowest BCUT2D eigenvalue weighted by molar-refractivity contribution is 1.17. The minimum atomic E-state index is 1.07. The Morgan fingerprint density at radius 3 is 1.35 bits per heavy atom. The Balaban J connectivity index is 1.09. The largest absolute Gasteiger partial charge is 0.310 e. The lowest BCUT2D eigenvalue weighted by atomic mass is 9.88. The highest BCUT2D eigenvalue weighted by Gasteiger charge is 2.21. The first-order valence-corrected chi connectivity index (χ1v) is 21.3. The lowest BCUT2D eigenvalue weighted by Gasteiger charge is -2.29. The third-order valence-electron chi connectivity index (χ3n) is 12.0. The average molecular weight is 791 g/mol. The second kappa shape index (κ2) is 16.1. The van der Waals surface area contributed by atoms with E-state index in [1.165, 1.54) is 71.9 Å². The van der Waals surface area contributed by atoms with Gasteiger partial charge in [0.15, 0.2) is 0 Å². The fourth-order valence-electron chi connectivity index (χ4n) is 9.15. The fraction of sp³-hybridized carbons (Fsp3) is 0. The Labute approximate surface area is 362 Å². The Hall–Kier alpha value is -8.20. The van der Waals surface area contributed by atoms with E-state index in [-0.39, 0.29) is 0 Å². The van der Waals surface area contributed by atoms with Crippen LogP contribution < -0.4 is 4.90 Å². The van der Waals surface area contributed by atoms with Gasteiger partial charge in [-0.05, 0) is 105 Å². The minimum Gasteiger partial charge on any atom is -0.310 e. The first-order valence-electron chi connectivity index (χ1n) is 21.3. The van der Waals surface area contributed by atoms with Gasteiger partial charge in [0, 0.05) is 33.4 Å². The molecule has 292 valence electrons. The number of rotatable bonds is 9. The van der Waals surface area contributed by atoms with E-state index < -0.39 is 0 Å². The number of benzene rings is 10.